The van der Waals surface area contributed by atoms with Crippen LogP contribution in [0.15, 0.2) is 39.8 Å². The molecule has 0 aromatic carbocycles. The average Bonchev–Trinajstić information content (AvgIpc) is 3.19. The molecule has 0 saturated carbocycles. The van der Waals surface area contributed by atoms with Crippen LogP contribution < -0.4 is 11.1 Å². The smallest absolute Gasteiger partial charge is 0.250 e. The van der Waals surface area contributed by atoms with E-state index in [-0.39, 0.29) is 5.91 Å². The molecule has 0 unspecified atom stereocenters. The maximum Gasteiger partial charge on any atom is 0.250 e. The summed E-state index contributed by atoms with van der Waals surface area (Å²) in [4.78, 5) is 26.5. The minimum absolute atomic E-state index is 0.345. The number of carbonyl (C=O) groups is 2. The van der Waals surface area contributed by atoms with Crippen LogP contribution in [0.4, 0.5) is 0 Å². The third-order valence-electron chi connectivity index (χ3n) is 3.35. The highest BCUT2D eigenvalue weighted by molar-refractivity contribution is 8.02. The molecule has 1 amide bonds. The summed E-state index contributed by atoms with van der Waals surface area (Å²) < 4.78 is 1.88. The number of primary amides is 1. The van der Waals surface area contributed by atoms with Crippen LogP contribution >= 0.6 is 23.5 Å². The number of imidazole rings is 1. The first-order chi connectivity index (χ1) is 11.5. The number of thioether (sulfide) groups is 2. The van der Waals surface area contributed by atoms with Crippen molar-refractivity contribution in [3.63, 3.8) is 0 Å². The normalized spacial score (nSPS) is 14.2. The summed E-state index contributed by atoms with van der Waals surface area (Å²) >= 11 is 3.15. The Labute approximate surface area is 151 Å². The van der Waals surface area contributed by atoms with Crippen molar-refractivity contribution in [3.8, 4) is 0 Å². The molecule has 1 aromatic heterocycles. The first kappa shape index (κ1) is 20.4. The van der Waals surface area contributed by atoms with Crippen LogP contribution in [0.3, 0.4) is 0 Å². The lowest BCUT2D eigenvalue weighted by Crippen LogP contribution is -2.17. The fraction of sp³-hybridized carbons (Fsp3) is 0.438. The molecule has 1 aliphatic carbocycles. The van der Waals surface area contributed by atoms with Crippen LogP contribution in [0.2, 0.25) is 0 Å². The number of aldehydes is 1. The van der Waals surface area contributed by atoms with E-state index in [1.54, 1.807) is 31.2 Å². The van der Waals surface area contributed by atoms with Crippen LogP contribution in [-0.2, 0) is 16.6 Å². The van der Waals surface area contributed by atoms with E-state index in [2.05, 4.69) is 10.3 Å². The van der Waals surface area contributed by atoms with Gasteiger partial charge in [-0.15, -0.1) is 11.8 Å². The van der Waals surface area contributed by atoms with Crippen LogP contribution in [-0.4, -0.2) is 40.8 Å². The number of hydrogen-bond acceptors (Lipinski definition) is 6. The van der Waals surface area contributed by atoms with Gasteiger partial charge in [0.1, 0.15) is 6.29 Å². The molecular weight excluding hydrogens is 344 g/mol. The van der Waals surface area contributed by atoms with Crippen molar-refractivity contribution in [2.45, 2.75) is 24.4 Å². The van der Waals surface area contributed by atoms with Crippen molar-refractivity contribution in [3.05, 3.63) is 34.6 Å². The minimum Gasteiger partial charge on any atom is -0.393 e. The summed E-state index contributed by atoms with van der Waals surface area (Å²) in [6, 6.07) is 0. The Balaban J connectivity index is 0.000000254. The molecule has 0 saturated heterocycles. The number of hydrogen-bond donors (Lipinski definition) is 2. The van der Waals surface area contributed by atoms with E-state index in [0.29, 0.717) is 11.3 Å². The number of aromatic nitrogens is 2. The summed E-state index contributed by atoms with van der Waals surface area (Å²) in [6.07, 6.45) is 11.3. The van der Waals surface area contributed by atoms with Crippen LogP contribution in [0.1, 0.15) is 19.3 Å². The van der Waals surface area contributed by atoms with Crippen molar-refractivity contribution in [1.29, 1.82) is 0 Å². The summed E-state index contributed by atoms with van der Waals surface area (Å²) in [5, 5.41) is 3.75. The number of aryl methyl sites for hydroxylation is 1. The average molecular weight is 369 g/mol. The fourth-order valence-corrected chi connectivity index (χ4v) is 3.70. The van der Waals surface area contributed by atoms with Gasteiger partial charge < -0.3 is 20.4 Å². The molecule has 132 valence electrons. The molecule has 0 radical (unpaired) electrons. The van der Waals surface area contributed by atoms with Gasteiger partial charge in [-0.2, -0.15) is 0 Å². The van der Waals surface area contributed by atoms with Crippen molar-refractivity contribution in [1.82, 2.24) is 14.9 Å². The number of nitrogens with one attached hydrogen (secondary N) is 1. The van der Waals surface area contributed by atoms with Gasteiger partial charge in [0.05, 0.1) is 11.3 Å². The van der Waals surface area contributed by atoms with Crippen molar-refractivity contribution in [2.75, 3.05) is 19.1 Å². The molecule has 1 heterocycles. The van der Waals surface area contributed by atoms with Crippen LogP contribution in [0, 0.1) is 0 Å². The van der Waals surface area contributed by atoms with Gasteiger partial charge in [0.15, 0.2) is 5.16 Å². The van der Waals surface area contributed by atoms with Crippen molar-refractivity contribution < 1.29 is 9.59 Å². The zero-order valence-electron chi connectivity index (χ0n) is 14.2. The standard InChI is InChI=1S/C10H16N2OS.C6H8N2OS/c1-12-6-8(10(11)13)7-4-3-5-9(7)14-2;1-8-3-2-7-6(8)10-5-4-9/h6,12H,3-5H2,1-2H3,(H2,11,13);2-4H,5H2,1H3/b8-6-;. The van der Waals surface area contributed by atoms with Gasteiger partial charge in [0.2, 0.25) is 5.91 Å². The Morgan fingerprint density at radius 3 is 2.75 bits per heavy atom. The number of allylic oxidation sites excluding steroid dienone is 1. The summed E-state index contributed by atoms with van der Waals surface area (Å²) in [5.41, 5.74) is 7.09. The quantitative estimate of drug-likeness (QED) is 0.435. The predicted molar refractivity (Wildman–Crippen MR) is 101 cm³/mol. The van der Waals surface area contributed by atoms with E-state index >= 15 is 0 Å². The number of rotatable bonds is 7. The largest absolute Gasteiger partial charge is 0.393 e. The van der Waals surface area contributed by atoms with E-state index in [4.69, 9.17) is 5.73 Å². The molecule has 3 N–H and O–H groups in total. The number of nitrogens with two attached hydrogens (primary N) is 1. The first-order valence-corrected chi connectivity index (χ1v) is 9.73. The van der Waals surface area contributed by atoms with Gasteiger partial charge in [-0.1, -0.05) is 11.8 Å². The van der Waals surface area contributed by atoms with E-state index in [0.717, 1.165) is 36.3 Å². The van der Waals surface area contributed by atoms with Crippen LogP contribution in [0.25, 0.3) is 0 Å². The summed E-state index contributed by atoms with van der Waals surface area (Å²) in [7, 11) is 3.68. The maximum absolute atomic E-state index is 11.2. The summed E-state index contributed by atoms with van der Waals surface area (Å²) in [6.45, 7) is 0. The minimum atomic E-state index is -0.345. The lowest BCUT2D eigenvalue weighted by molar-refractivity contribution is -0.114. The number of carbonyl (C=O) groups excluding carboxylic acids is 2. The number of amides is 1. The maximum atomic E-state index is 11.2. The highest BCUT2D eigenvalue weighted by Gasteiger charge is 2.20. The zero-order chi connectivity index (χ0) is 17.9. The molecule has 0 atom stereocenters. The van der Waals surface area contributed by atoms with E-state index in [9.17, 15) is 9.59 Å². The lowest BCUT2D eigenvalue weighted by atomic mass is 10.1. The second-order valence-corrected chi connectivity index (χ2v) is 6.86. The molecule has 0 spiro atoms. The van der Waals surface area contributed by atoms with Crippen LogP contribution in [0.5, 0.6) is 0 Å². The monoisotopic (exact) mass is 368 g/mol. The van der Waals surface area contributed by atoms with Gasteiger partial charge in [-0.3, -0.25) is 4.79 Å². The Bertz CT molecular complexity index is 623. The predicted octanol–water partition coefficient (Wildman–Crippen LogP) is 2.09. The van der Waals surface area contributed by atoms with E-state index < -0.39 is 0 Å². The second kappa shape index (κ2) is 11.0. The third-order valence-corrected chi connectivity index (χ3v) is 5.25. The molecule has 24 heavy (non-hydrogen) atoms. The first-order valence-electron chi connectivity index (χ1n) is 7.52. The molecule has 6 nitrogen and oxygen atoms in total. The Morgan fingerprint density at radius 1 is 1.50 bits per heavy atom. The molecule has 2 rings (SSSR count). The molecule has 0 fully saturated rings. The molecule has 1 aliphatic rings. The topological polar surface area (TPSA) is 90.0 Å². The number of nitrogens with zero attached hydrogens (tertiary/aromatic N) is 2. The molecule has 8 heteroatoms. The van der Waals surface area contributed by atoms with E-state index in [1.165, 1.54) is 16.7 Å². The van der Waals surface area contributed by atoms with Gasteiger partial charge in [0.25, 0.3) is 0 Å². The van der Waals surface area contributed by atoms with Crippen molar-refractivity contribution >= 4 is 35.7 Å². The Morgan fingerprint density at radius 2 is 2.25 bits per heavy atom. The SMILES string of the molecule is CN/C=C(\C(N)=O)C1=C(SC)CCC1.Cn1ccnc1SCC=O. The lowest BCUT2D eigenvalue weighted by Gasteiger charge is -2.07. The highest BCUT2D eigenvalue weighted by atomic mass is 32.2. The molecule has 0 bridgehead atoms. The second-order valence-electron chi connectivity index (χ2n) is 4.97. The third kappa shape index (κ3) is 6.09. The van der Waals surface area contributed by atoms with E-state index in [1.807, 2.05) is 24.1 Å². The molecular formula is C16H24N4O2S2. The summed E-state index contributed by atoms with van der Waals surface area (Å²) in [5.74, 6) is 0.132. The van der Waals surface area contributed by atoms with Gasteiger partial charge in [0, 0.05) is 32.7 Å². The zero-order valence-corrected chi connectivity index (χ0v) is 15.9. The Hall–Kier alpha value is -1.67. The molecule has 0 aliphatic heterocycles. The van der Waals surface area contributed by atoms with Crippen molar-refractivity contribution in [2.24, 2.45) is 12.8 Å². The van der Waals surface area contributed by atoms with Gasteiger partial charge in [-0.05, 0) is 36.0 Å². The van der Waals surface area contributed by atoms with Gasteiger partial charge >= 0.3 is 0 Å². The highest BCUT2D eigenvalue weighted by Crippen LogP contribution is 2.36. The molecule has 1 aromatic rings. The Kier molecular flexibility index (Phi) is 9.33. The van der Waals surface area contributed by atoms with Gasteiger partial charge in [-0.25, -0.2) is 4.98 Å². The fourth-order valence-electron chi connectivity index (χ4n) is 2.28.